The molecule has 0 aromatic heterocycles. The molecule has 0 spiro atoms. The molecule has 0 aliphatic heterocycles. The molecule has 0 saturated carbocycles. The van der Waals surface area contributed by atoms with Gasteiger partial charge in [-0.1, -0.05) is 0 Å². The van der Waals surface area contributed by atoms with Crippen LogP contribution in [-0.2, 0) is 10.7 Å². The molecule has 1 atom stereocenters. The van der Waals surface area contributed by atoms with Crippen LogP contribution in [-0.4, -0.2) is 14.2 Å². The van der Waals surface area contributed by atoms with E-state index in [1.54, 1.807) is 0 Å². The first-order valence-electron chi connectivity index (χ1n) is 4.36. The van der Waals surface area contributed by atoms with E-state index in [-0.39, 0.29) is 12.2 Å². The average molecular weight is 270 g/mol. The molecule has 0 saturated heterocycles. The maximum absolute atomic E-state index is 13.3. The summed E-state index contributed by atoms with van der Waals surface area (Å²) in [7, 11) is -3.09. The highest BCUT2D eigenvalue weighted by atomic mass is 32.2. The Bertz CT molecular complexity index is 452. The Labute approximate surface area is 97.8 Å². The van der Waals surface area contributed by atoms with Gasteiger partial charge in [0, 0.05) is 5.56 Å². The summed E-state index contributed by atoms with van der Waals surface area (Å²) in [4.78, 5) is 0. The molecule has 16 heavy (non-hydrogen) atoms. The number of thiol groups is 2. The Hall–Kier alpha value is -0.690. The van der Waals surface area contributed by atoms with Crippen molar-refractivity contribution in [2.45, 2.75) is 11.7 Å². The molecule has 0 aliphatic rings. The topological polar surface area (TPSA) is 34.1 Å². The zero-order valence-corrected chi connectivity index (χ0v) is 9.78. The molecule has 1 unspecified atom stereocenters. The van der Waals surface area contributed by atoms with E-state index in [9.17, 15) is 21.6 Å². The van der Waals surface area contributed by atoms with Crippen LogP contribution >= 0.6 is 12.6 Å². The van der Waals surface area contributed by atoms with E-state index in [1.165, 1.54) is 0 Å². The van der Waals surface area contributed by atoms with E-state index < -0.39 is 39.0 Å². The minimum Gasteiger partial charge on any atom is -0.231 e. The molecule has 0 amide bonds. The second-order valence-corrected chi connectivity index (χ2v) is 4.71. The lowest BCUT2D eigenvalue weighted by Gasteiger charge is -2.11. The van der Waals surface area contributed by atoms with Gasteiger partial charge in [0.25, 0.3) is 0 Å². The molecule has 0 radical (unpaired) electrons. The minimum absolute atomic E-state index is 0.0703. The van der Waals surface area contributed by atoms with Crippen LogP contribution in [0.5, 0.6) is 0 Å². The Balaban J connectivity index is 3.33. The number of hydrogen-bond acceptors (Lipinski definition) is 3. The molecule has 0 N–H and O–H groups in total. The van der Waals surface area contributed by atoms with Crippen molar-refractivity contribution in [3.63, 3.8) is 0 Å². The van der Waals surface area contributed by atoms with Crippen LogP contribution in [0.1, 0.15) is 17.2 Å². The highest BCUT2D eigenvalue weighted by Gasteiger charge is 2.24. The van der Waals surface area contributed by atoms with E-state index in [0.29, 0.717) is 12.1 Å². The zero-order chi connectivity index (χ0) is 12.3. The van der Waals surface area contributed by atoms with Crippen molar-refractivity contribution < 1.29 is 21.6 Å². The summed E-state index contributed by atoms with van der Waals surface area (Å²) in [6, 6.07) is 1.32. The van der Waals surface area contributed by atoms with Crippen LogP contribution in [0.4, 0.5) is 13.2 Å². The molecule has 7 heteroatoms. The first-order valence-corrected chi connectivity index (χ1v) is 6.24. The minimum atomic E-state index is -3.09. The number of benzene rings is 1. The second kappa shape index (κ2) is 5.58. The van der Waals surface area contributed by atoms with Gasteiger partial charge >= 0.3 is 0 Å². The molecule has 0 bridgehead atoms. The summed E-state index contributed by atoms with van der Waals surface area (Å²) < 4.78 is 61.1. The quantitative estimate of drug-likeness (QED) is 0.649. The fourth-order valence-corrected chi connectivity index (χ4v) is 2.57. The van der Waals surface area contributed by atoms with Crippen molar-refractivity contribution in [2.75, 3.05) is 5.75 Å². The Morgan fingerprint density at radius 2 is 1.75 bits per heavy atom. The summed E-state index contributed by atoms with van der Waals surface area (Å²) in [6.45, 7) is 0. The zero-order valence-electron chi connectivity index (χ0n) is 7.99. The van der Waals surface area contributed by atoms with Crippen LogP contribution in [0.25, 0.3) is 0 Å². The number of rotatable bonds is 4. The van der Waals surface area contributed by atoms with E-state index in [4.69, 9.17) is 0 Å². The lowest BCUT2D eigenvalue weighted by atomic mass is 10.1. The van der Waals surface area contributed by atoms with E-state index in [0.717, 1.165) is 0 Å². The van der Waals surface area contributed by atoms with Crippen molar-refractivity contribution in [2.24, 2.45) is 0 Å². The second-order valence-electron chi connectivity index (χ2n) is 3.07. The maximum atomic E-state index is 13.3. The lowest BCUT2D eigenvalue weighted by molar-refractivity contribution is 0.474. The molecule has 0 heterocycles. The highest BCUT2D eigenvalue weighted by Crippen LogP contribution is 2.28. The molecular weight excluding hydrogens is 261 g/mol. The molecule has 1 aromatic carbocycles. The molecule has 0 fully saturated rings. The fourth-order valence-electron chi connectivity index (χ4n) is 1.33. The van der Waals surface area contributed by atoms with Crippen molar-refractivity contribution in [3.05, 3.63) is 35.1 Å². The Morgan fingerprint density at radius 3 is 2.25 bits per heavy atom. The highest BCUT2D eigenvalue weighted by molar-refractivity contribution is 7.80. The van der Waals surface area contributed by atoms with Crippen LogP contribution in [0.3, 0.4) is 0 Å². The normalized spacial score (nSPS) is 13.1. The standard InChI is InChI=1S/C9H9F3O2S2/c10-5-1-2-6(11)9(12)8(5)7(3-4-15)16(13)14/h1-2,7,15-16H,3-4H2. The first kappa shape index (κ1) is 13.4. The monoisotopic (exact) mass is 270 g/mol. The summed E-state index contributed by atoms with van der Waals surface area (Å²) in [5.41, 5.74) is -0.745. The predicted molar refractivity (Wildman–Crippen MR) is 57.8 cm³/mol. The van der Waals surface area contributed by atoms with Crippen molar-refractivity contribution in [3.8, 4) is 0 Å². The first-order chi connectivity index (χ1) is 7.49. The largest absolute Gasteiger partial charge is 0.231 e. The van der Waals surface area contributed by atoms with E-state index >= 15 is 0 Å². The lowest BCUT2D eigenvalue weighted by Crippen LogP contribution is -2.09. The number of hydrogen-bond donors (Lipinski definition) is 2. The van der Waals surface area contributed by atoms with Gasteiger partial charge in [-0.3, -0.25) is 0 Å². The Morgan fingerprint density at radius 1 is 1.19 bits per heavy atom. The van der Waals surface area contributed by atoms with Crippen LogP contribution in [0, 0.1) is 17.5 Å². The Kier molecular flexibility index (Phi) is 4.67. The van der Waals surface area contributed by atoms with Gasteiger partial charge in [-0.25, -0.2) is 21.6 Å². The van der Waals surface area contributed by atoms with E-state index in [1.807, 2.05) is 0 Å². The van der Waals surface area contributed by atoms with Gasteiger partial charge in [-0.05, 0) is 24.3 Å². The maximum Gasteiger partial charge on any atom is 0.166 e. The molecule has 2 nitrogen and oxygen atoms in total. The molecule has 1 rings (SSSR count). The third kappa shape index (κ3) is 2.70. The van der Waals surface area contributed by atoms with Gasteiger partial charge < -0.3 is 0 Å². The third-order valence-corrected chi connectivity index (χ3v) is 3.35. The van der Waals surface area contributed by atoms with Gasteiger partial charge in [-0.15, -0.1) is 0 Å². The van der Waals surface area contributed by atoms with Gasteiger partial charge in [0.05, 0.1) is 5.25 Å². The van der Waals surface area contributed by atoms with Crippen LogP contribution in [0.2, 0.25) is 0 Å². The van der Waals surface area contributed by atoms with Gasteiger partial charge in [0.15, 0.2) is 11.6 Å². The summed E-state index contributed by atoms with van der Waals surface area (Å²) in [5.74, 6) is -3.66. The number of halogens is 3. The van der Waals surface area contributed by atoms with Crippen molar-refractivity contribution >= 4 is 23.3 Å². The molecule has 90 valence electrons. The van der Waals surface area contributed by atoms with Gasteiger partial charge in [-0.2, -0.15) is 12.6 Å². The third-order valence-electron chi connectivity index (χ3n) is 2.07. The van der Waals surface area contributed by atoms with Crippen molar-refractivity contribution in [1.82, 2.24) is 0 Å². The summed E-state index contributed by atoms with van der Waals surface area (Å²) >= 11 is 3.79. The van der Waals surface area contributed by atoms with Gasteiger partial charge in [0.2, 0.25) is 0 Å². The predicted octanol–water partition coefficient (Wildman–Crippen LogP) is 2.08. The van der Waals surface area contributed by atoms with E-state index in [2.05, 4.69) is 12.6 Å². The molecule has 0 aliphatic carbocycles. The molecular formula is C9H9F3O2S2. The fraction of sp³-hybridized carbons (Fsp3) is 0.333. The van der Waals surface area contributed by atoms with Crippen molar-refractivity contribution in [1.29, 1.82) is 0 Å². The average Bonchev–Trinajstić information content (AvgIpc) is 2.22. The van der Waals surface area contributed by atoms with Crippen LogP contribution < -0.4 is 0 Å². The smallest absolute Gasteiger partial charge is 0.166 e. The summed E-state index contributed by atoms with van der Waals surface area (Å²) in [6.07, 6.45) is -0.0703. The van der Waals surface area contributed by atoms with Crippen LogP contribution in [0.15, 0.2) is 12.1 Å². The molecule has 1 aromatic rings. The summed E-state index contributed by atoms with van der Waals surface area (Å²) in [5, 5.41) is -1.39. The SMILES string of the molecule is O=[SH](=O)C(CCS)c1c(F)ccc(F)c1F. The van der Waals surface area contributed by atoms with Gasteiger partial charge in [0.1, 0.15) is 16.5 Å².